The van der Waals surface area contributed by atoms with Crippen LogP contribution in [0.2, 0.25) is 0 Å². The van der Waals surface area contributed by atoms with Gasteiger partial charge in [-0.2, -0.15) is 0 Å². The molecule has 0 saturated heterocycles. The Kier molecular flexibility index (Phi) is 4.56. The molecule has 0 heterocycles. The maximum Gasteiger partial charge on any atom is 0.316 e. The first-order valence-electron chi connectivity index (χ1n) is 5.24. The molecule has 5 nitrogen and oxygen atoms in total. The molecular weight excluding hydrogens is 223 g/mol. The molecule has 0 atom stereocenters. The molecule has 0 spiro atoms. The smallest absolute Gasteiger partial charge is 0.316 e. The fourth-order valence-corrected chi connectivity index (χ4v) is 1.20. The number of anilines is 2. The number of carbonyl (C=O) groups excluding carboxylic acids is 1. The summed E-state index contributed by atoms with van der Waals surface area (Å²) in [6.45, 7) is 0.862. The molecule has 6 heteroatoms. The predicted molar refractivity (Wildman–Crippen MR) is 66.4 cm³/mol. The van der Waals surface area contributed by atoms with Crippen molar-refractivity contribution < 1.29 is 9.18 Å². The number of hydrogen-bond acceptors (Lipinski definition) is 3. The highest BCUT2D eigenvalue weighted by atomic mass is 19.1. The highest BCUT2D eigenvalue weighted by Crippen LogP contribution is 2.16. The topological polar surface area (TPSA) is 70.4 Å². The van der Waals surface area contributed by atoms with Gasteiger partial charge < -0.3 is 21.3 Å². The van der Waals surface area contributed by atoms with Crippen LogP contribution in [-0.4, -0.2) is 38.1 Å². The van der Waals surface area contributed by atoms with Crippen LogP contribution in [-0.2, 0) is 0 Å². The number of nitrogens with one attached hydrogen (secondary N) is 2. The maximum absolute atomic E-state index is 13.3. The highest BCUT2D eigenvalue weighted by molar-refractivity contribution is 5.73. The van der Waals surface area contributed by atoms with Gasteiger partial charge in [-0.15, -0.1) is 0 Å². The summed E-state index contributed by atoms with van der Waals surface area (Å²) < 4.78 is 13.3. The van der Waals surface area contributed by atoms with Gasteiger partial charge in [-0.25, -0.2) is 9.18 Å². The molecule has 0 saturated carbocycles. The van der Waals surface area contributed by atoms with E-state index in [0.717, 1.165) is 0 Å². The summed E-state index contributed by atoms with van der Waals surface area (Å²) >= 11 is 0. The lowest BCUT2D eigenvalue weighted by atomic mass is 10.2. The molecular formula is C11H17FN4O. The lowest BCUT2D eigenvalue weighted by Gasteiger charge is -2.13. The van der Waals surface area contributed by atoms with Crippen LogP contribution in [0.3, 0.4) is 0 Å². The quantitative estimate of drug-likeness (QED) is 0.545. The van der Waals surface area contributed by atoms with Crippen LogP contribution < -0.4 is 16.4 Å². The number of urea groups is 1. The maximum atomic E-state index is 13.3. The Labute approximate surface area is 99.8 Å². The van der Waals surface area contributed by atoms with Gasteiger partial charge in [0.05, 0.1) is 5.69 Å². The Morgan fingerprint density at radius 1 is 1.41 bits per heavy atom. The van der Waals surface area contributed by atoms with Gasteiger partial charge in [0.2, 0.25) is 0 Å². The zero-order chi connectivity index (χ0) is 12.8. The Morgan fingerprint density at radius 2 is 2.12 bits per heavy atom. The zero-order valence-electron chi connectivity index (χ0n) is 9.96. The Morgan fingerprint density at radius 3 is 2.71 bits per heavy atom. The number of nitrogens with zero attached hydrogens (tertiary/aromatic N) is 1. The van der Waals surface area contributed by atoms with Gasteiger partial charge in [0, 0.05) is 32.9 Å². The summed E-state index contributed by atoms with van der Waals surface area (Å²) in [5, 5.41) is 5.53. The van der Waals surface area contributed by atoms with Crippen LogP contribution in [0.25, 0.3) is 0 Å². The molecule has 1 aromatic carbocycles. The van der Waals surface area contributed by atoms with Crippen molar-refractivity contribution in [2.45, 2.75) is 0 Å². The summed E-state index contributed by atoms with van der Waals surface area (Å²) in [7, 11) is 3.31. The van der Waals surface area contributed by atoms with E-state index < -0.39 is 5.82 Å². The molecule has 0 aliphatic heterocycles. The van der Waals surface area contributed by atoms with E-state index in [1.54, 1.807) is 26.2 Å². The van der Waals surface area contributed by atoms with Gasteiger partial charge in [0.25, 0.3) is 0 Å². The van der Waals surface area contributed by atoms with Crippen LogP contribution in [0.4, 0.5) is 20.6 Å². The zero-order valence-corrected chi connectivity index (χ0v) is 9.96. The van der Waals surface area contributed by atoms with E-state index in [4.69, 9.17) is 5.73 Å². The average Bonchev–Trinajstić information content (AvgIpc) is 2.26. The number of carbonyl (C=O) groups is 1. The van der Waals surface area contributed by atoms with Crippen molar-refractivity contribution in [1.29, 1.82) is 0 Å². The molecule has 0 radical (unpaired) electrons. The van der Waals surface area contributed by atoms with Gasteiger partial charge >= 0.3 is 6.03 Å². The fraction of sp³-hybridized carbons (Fsp3) is 0.364. The molecule has 0 fully saturated rings. The normalized spacial score (nSPS) is 9.82. The van der Waals surface area contributed by atoms with E-state index in [2.05, 4.69) is 10.6 Å². The minimum Gasteiger partial charge on any atom is -0.399 e. The van der Waals surface area contributed by atoms with Gasteiger partial charge in [0.15, 0.2) is 0 Å². The van der Waals surface area contributed by atoms with Crippen LogP contribution in [0.1, 0.15) is 0 Å². The standard InChI is InChI=1S/C11H17FN4O/c1-16(2)11(17)15-6-5-14-10-4-3-8(13)7-9(10)12/h3-4,7,14H,5-6,13H2,1-2H3,(H,15,17). The highest BCUT2D eigenvalue weighted by Gasteiger charge is 2.03. The minimum atomic E-state index is -0.399. The van der Waals surface area contributed by atoms with Crippen LogP contribution >= 0.6 is 0 Å². The van der Waals surface area contributed by atoms with Crippen molar-refractivity contribution in [3.63, 3.8) is 0 Å². The average molecular weight is 240 g/mol. The molecule has 94 valence electrons. The van der Waals surface area contributed by atoms with Crippen molar-refractivity contribution in [3.05, 3.63) is 24.0 Å². The Hall–Kier alpha value is -1.98. The number of halogens is 1. The molecule has 0 aromatic heterocycles. The summed E-state index contributed by atoms with van der Waals surface area (Å²) in [5.41, 5.74) is 6.18. The second-order valence-corrected chi connectivity index (χ2v) is 3.79. The van der Waals surface area contributed by atoms with Gasteiger partial charge in [-0.3, -0.25) is 0 Å². The van der Waals surface area contributed by atoms with E-state index in [1.807, 2.05) is 0 Å². The Bertz CT molecular complexity index is 395. The van der Waals surface area contributed by atoms with E-state index in [1.165, 1.54) is 11.0 Å². The second kappa shape index (κ2) is 5.93. The van der Waals surface area contributed by atoms with Crippen molar-refractivity contribution in [3.8, 4) is 0 Å². The van der Waals surface area contributed by atoms with E-state index in [0.29, 0.717) is 24.5 Å². The second-order valence-electron chi connectivity index (χ2n) is 3.79. The van der Waals surface area contributed by atoms with Gasteiger partial charge in [-0.05, 0) is 18.2 Å². The van der Waals surface area contributed by atoms with Crippen molar-refractivity contribution in [1.82, 2.24) is 10.2 Å². The predicted octanol–water partition coefficient (Wildman–Crippen LogP) is 1.09. The summed E-state index contributed by atoms with van der Waals surface area (Å²) in [6, 6.07) is 4.26. The molecule has 1 rings (SSSR count). The van der Waals surface area contributed by atoms with Gasteiger partial charge in [-0.1, -0.05) is 0 Å². The number of benzene rings is 1. The van der Waals surface area contributed by atoms with Gasteiger partial charge in [0.1, 0.15) is 5.82 Å². The molecule has 2 amide bonds. The summed E-state index contributed by atoms with van der Waals surface area (Å²) in [4.78, 5) is 12.6. The lowest BCUT2D eigenvalue weighted by Crippen LogP contribution is -2.37. The molecule has 0 unspecified atom stereocenters. The third-order valence-corrected chi connectivity index (χ3v) is 2.12. The first-order chi connectivity index (χ1) is 8.00. The molecule has 1 aromatic rings. The van der Waals surface area contributed by atoms with E-state index in [9.17, 15) is 9.18 Å². The summed E-state index contributed by atoms with van der Waals surface area (Å²) in [5.74, 6) is -0.399. The number of nitrogen functional groups attached to an aromatic ring is 1. The third kappa shape index (κ3) is 4.18. The van der Waals surface area contributed by atoms with Crippen molar-refractivity contribution in [2.24, 2.45) is 0 Å². The lowest BCUT2D eigenvalue weighted by molar-refractivity contribution is 0.218. The van der Waals surface area contributed by atoms with Crippen molar-refractivity contribution >= 4 is 17.4 Å². The fourth-order valence-electron chi connectivity index (χ4n) is 1.20. The van der Waals surface area contributed by atoms with Crippen LogP contribution in [0, 0.1) is 5.82 Å². The van der Waals surface area contributed by atoms with Crippen LogP contribution in [0.15, 0.2) is 18.2 Å². The largest absolute Gasteiger partial charge is 0.399 e. The SMILES string of the molecule is CN(C)C(=O)NCCNc1ccc(N)cc1F. The monoisotopic (exact) mass is 240 g/mol. The number of hydrogen-bond donors (Lipinski definition) is 3. The van der Waals surface area contributed by atoms with Crippen molar-refractivity contribution in [2.75, 3.05) is 38.2 Å². The van der Waals surface area contributed by atoms with E-state index in [-0.39, 0.29) is 6.03 Å². The molecule has 0 aliphatic carbocycles. The minimum absolute atomic E-state index is 0.176. The molecule has 0 aliphatic rings. The number of amides is 2. The molecule has 0 bridgehead atoms. The number of nitrogens with two attached hydrogens (primary N) is 1. The Balaban J connectivity index is 2.34. The molecule has 4 N–H and O–H groups in total. The van der Waals surface area contributed by atoms with E-state index >= 15 is 0 Å². The molecule has 17 heavy (non-hydrogen) atoms. The first kappa shape index (κ1) is 13.1. The summed E-state index contributed by atoms with van der Waals surface area (Å²) in [6.07, 6.45) is 0. The number of rotatable bonds is 4. The third-order valence-electron chi connectivity index (χ3n) is 2.12. The van der Waals surface area contributed by atoms with Crippen LogP contribution in [0.5, 0.6) is 0 Å². The first-order valence-corrected chi connectivity index (χ1v) is 5.24.